The van der Waals surface area contributed by atoms with Crippen LogP contribution in [0.1, 0.15) is 51.0 Å². The Labute approximate surface area is 285 Å². The summed E-state index contributed by atoms with van der Waals surface area (Å²) in [4.78, 5) is 13.7. The van der Waals surface area contributed by atoms with E-state index < -0.39 is 9.84 Å². The average molecular weight is 673 g/mol. The molecule has 0 spiro atoms. The quantitative estimate of drug-likeness (QED) is 0.101. The minimum Gasteiger partial charge on any atom is -0.494 e. The molecule has 2 saturated heterocycles. The summed E-state index contributed by atoms with van der Waals surface area (Å²) in [5.74, 6) is 0.700. The highest BCUT2D eigenvalue weighted by Gasteiger charge is 2.33. The molecule has 250 valence electrons. The number of hydrogen-bond acceptors (Lipinski definition) is 8. The molecule has 3 heterocycles. The van der Waals surface area contributed by atoms with Gasteiger partial charge in [0, 0.05) is 68.3 Å². The zero-order chi connectivity index (χ0) is 32.6. The number of anilines is 1. The Balaban J connectivity index is 1.19. The van der Waals surface area contributed by atoms with Gasteiger partial charge >= 0.3 is 0 Å². The van der Waals surface area contributed by atoms with Gasteiger partial charge in [-0.25, -0.2) is 8.42 Å². The van der Waals surface area contributed by atoms with E-state index >= 15 is 0 Å². The molecular formula is C38H48N4O3S2. The van der Waals surface area contributed by atoms with E-state index in [0.717, 1.165) is 80.1 Å². The average Bonchev–Trinajstić information content (AvgIpc) is 3.58. The number of fused-ring (bicyclic) bond motifs is 1. The zero-order valence-electron chi connectivity index (χ0n) is 27.8. The summed E-state index contributed by atoms with van der Waals surface area (Å²) in [5, 5.41) is 0.893. The molecule has 0 radical (unpaired) electrons. The normalized spacial score (nSPS) is 17.8. The van der Waals surface area contributed by atoms with Crippen LogP contribution in [0.2, 0.25) is 0 Å². The summed E-state index contributed by atoms with van der Waals surface area (Å²) in [6, 6.07) is 24.3. The highest BCUT2D eigenvalue weighted by atomic mass is 32.2. The largest absolute Gasteiger partial charge is 0.494 e. The first-order chi connectivity index (χ1) is 23.0. The van der Waals surface area contributed by atoms with Crippen LogP contribution in [0.3, 0.4) is 0 Å². The number of ether oxygens (including phenoxy) is 1. The number of benzene rings is 3. The predicted octanol–water partition coefficient (Wildman–Crippen LogP) is 7.54. The summed E-state index contributed by atoms with van der Waals surface area (Å²) >= 11 is 1.66. The number of hydrogen-bond donors (Lipinski definition) is 0. The molecule has 1 atom stereocenters. The topological polar surface area (TPSA) is 66.0 Å². The van der Waals surface area contributed by atoms with Crippen LogP contribution in [-0.4, -0.2) is 81.4 Å². The van der Waals surface area contributed by atoms with Crippen molar-refractivity contribution in [3.63, 3.8) is 0 Å². The van der Waals surface area contributed by atoms with Crippen molar-refractivity contribution in [3.05, 3.63) is 84.6 Å². The first-order valence-electron chi connectivity index (χ1n) is 17.2. The Bertz CT molecular complexity index is 1710. The number of thioether (sulfide) groups is 1. The molecule has 7 nitrogen and oxygen atoms in total. The fourth-order valence-corrected chi connectivity index (χ4v) is 8.81. The first-order valence-corrected chi connectivity index (χ1v) is 19.9. The first kappa shape index (κ1) is 33.8. The molecular weight excluding hydrogens is 625 g/mol. The van der Waals surface area contributed by atoms with Gasteiger partial charge in [-0.15, -0.1) is 11.8 Å². The molecule has 0 saturated carbocycles. The molecule has 1 unspecified atom stereocenters. The third kappa shape index (κ3) is 8.13. The van der Waals surface area contributed by atoms with Gasteiger partial charge in [0.1, 0.15) is 10.6 Å². The molecule has 0 bridgehead atoms. The lowest BCUT2D eigenvalue weighted by atomic mass is 10.1. The number of nitrogens with zero attached hydrogens (tertiary/aromatic N) is 4. The molecule has 6 rings (SSSR count). The van der Waals surface area contributed by atoms with Crippen LogP contribution in [0, 0.1) is 0 Å². The third-order valence-electron chi connectivity index (χ3n) is 9.60. The summed E-state index contributed by atoms with van der Waals surface area (Å²) < 4.78 is 34.5. The zero-order valence-corrected chi connectivity index (χ0v) is 29.4. The summed E-state index contributed by atoms with van der Waals surface area (Å²) in [7, 11) is -3.84. The number of unbranched alkanes of at least 4 members (excludes halogenated alkanes) is 4. The number of sulfone groups is 1. The fraction of sp³-hybridized carbons (Fsp3) is 0.447. The van der Waals surface area contributed by atoms with Gasteiger partial charge in [-0.05, 0) is 67.1 Å². The monoisotopic (exact) mass is 672 g/mol. The van der Waals surface area contributed by atoms with E-state index in [1.807, 2.05) is 12.3 Å². The van der Waals surface area contributed by atoms with Crippen LogP contribution in [0.5, 0.6) is 5.75 Å². The Morgan fingerprint density at radius 3 is 2.40 bits per heavy atom. The second-order valence-electron chi connectivity index (χ2n) is 12.8. The summed E-state index contributed by atoms with van der Waals surface area (Å²) in [6.07, 6.45) is 10.6. The van der Waals surface area contributed by atoms with Crippen molar-refractivity contribution in [2.75, 3.05) is 57.0 Å². The van der Waals surface area contributed by atoms with E-state index in [0.29, 0.717) is 18.4 Å². The van der Waals surface area contributed by atoms with Crippen molar-refractivity contribution >= 4 is 38.2 Å². The molecule has 3 aromatic carbocycles. The van der Waals surface area contributed by atoms with Crippen molar-refractivity contribution < 1.29 is 13.2 Å². The second kappa shape index (κ2) is 15.9. The van der Waals surface area contributed by atoms with Crippen molar-refractivity contribution in [3.8, 4) is 5.75 Å². The fourth-order valence-electron chi connectivity index (χ4n) is 6.93. The maximum atomic E-state index is 14.3. The van der Waals surface area contributed by atoms with Crippen molar-refractivity contribution in [1.29, 1.82) is 0 Å². The second-order valence-corrected chi connectivity index (χ2v) is 15.6. The van der Waals surface area contributed by atoms with Gasteiger partial charge in [0.05, 0.1) is 22.7 Å². The lowest BCUT2D eigenvalue weighted by molar-refractivity contribution is 0.181. The minimum absolute atomic E-state index is 0.263. The molecule has 4 aromatic rings. The molecule has 0 aliphatic carbocycles. The maximum absolute atomic E-state index is 14.3. The van der Waals surface area contributed by atoms with E-state index in [9.17, 15) is 8.42 Å². The molecule has 1 aromatic heterocycles. The van der Waals surface area contributed by atoms with Gasteiger partial charge in [-0.2, -0.15) is 0 Å². The van der Waals surface area contributed by atoms with Gasteiger partial charge < -0.3 is 9.64 Å². The number of likely N-dealkylation sites (tertiary alicyclic amines) is 1. The van der Waals surface area contributed by atoms with Crippen molar-refractivity contribution in [1.82, 2.24) is 14.8 Å². The van der Waals surface area contributed by atoms with Crippen LogP contribution in [0.25, 0.3) is 10.9 Å². The Kier molecular flexibility index (Phi) is 11.4. The number of aromatic nitrogens is 1. The minimum atomic E-state index is -3.84. The molecule has 2 aliphatic rings. The standard InChI is InChI=1S/C38H48N4O3S2/c1-3-4-5-6-10-25-45-32-13-16-34(17-14-32)47(43,44)37-27-39-36-18-15-33(46-2)26-35(36)38(37)42-23-21-41(22-24-42)31-19-20-40(29-31)28-30-11-8-7-9-12-30/h7-9,11-18,26-27,31H,3-6,10,19-25,28-29H2,1-2H3. The Morgan fingerprint density at radius 1 is 0.894 bits per heavy atom. The van der Waals surface area contributed by atoms with Crippen LogP contribution in [0.15, 0.2) is 93.7 Å². The number of pyridine rings is 1. The predicted molar refractivity (Wildman–Crippen MR) is 194 cm³/mol. The van der Waals surface area contributed by atoms with Crippen LogP contribution in [0.4, 0.5) is 5.69 Å². The lowest BCUT2D eigenvalue weighted by Gasteiger charge is -2.40. The van der Waals surface area contributed by atoms with E-state index in [1.165, 1.54) is 31.2 Å². The molecule has 0 amide bonds. The summed E-state index contributed by atoms with van der Waals surface area (Å²) in [6.45, 7) is 9.37. The van der Waals surface area contributed by atoms with Gasteiger partial charge in [0.2, 0.25) is 9.84 Å². The van der Waals surface area contributed by atoms with Crippen LogP contribution >= 0.6 is 11.8 Å². The van der Waals surface area contributed by atoms with Gasteiger partial charge in [0.15, 0.2) is 0 Å². The van der Waals surface area contributed by atoms with Gasteiger partial charge in [-0.1, -0.05) is 62.9 Å². The van der Waals surface area contributed by atoms with Crippen LogP contribution < -0.4 is 9.64 Å². The van der Waals surface area contributed by atoms with E-state index in [-0.39, 0.29) is 9.79 Å². The summed E-state index contributed by atoms with van der Waals surface area (Å²) in [5.41, 5.74) is 2.95. The number of rotatable bonds is 14. The molecule has 2 aliphatic heterocycles. The van der Waals surface area contributed by atoms with Crippen molar-refractivity contribution in [2.24, 2.45) is 0 Å². The molecule has 47 heavy (non-hydrogen) atoms. The molecule has 9 heteroatoms. The SMILES string of the molecule is CCCCCCCOc1ccc(S(=O)(=O)c2cnc3ccc(SC)cc3c2N2CCN(C3CCN(Cc4ccccc4)C3)CC2)cc1. The Hall–Kier alpha value is -3.11. The van der Waals surface area contributed by atoms with E-state index in [4.69, 9.17) is 4.74 Å². The van der Waals surface area contributed by atoms with Gasteiger partial charge in [-0.3, -0.25) is 14.8 Å². The third-order valence-corrected chi connectivity index (χ3v) is 12.1. The highest BCUT2D eigenvalue weighted by molar-refractivity contribution is 7.98. The maximum Gasteiger partial charge on any atom is 0.210 e. The molecule has 0 N–H and O–H groups in total. The highest BCUT2D eigenvalue weighted by Crippen LogP contribution is 2.38. The Morgan fingerprint density at radius 2 is 1.66 bits per heavy atom. The smallest absolute Gasteiger partial charge is 0.210 e. The number of piperazine rings is 1. The van der Waals surface area contributed by atoms with Crippen molar-refractivity contribution in [2.45, 2.75) is 72.7 Å². The van der Waals surface area contributed by atoms with Crippen LogP contribution in [-0.2, 0) is 16.4 Å². The molecule has 2 fully saturated rings. The van der Waals surface area contributed by atoms with E-state index in [2.05, 4.69) is 69.1 Å². The lowest BCUT2D eigenvalue weighted by Crippen LogP contribution is -2.51. The van der Waals surface area contributed by atoms with Gasteiger partial charge in [0.25, 0.3) is 0 Å². The van der Waals surface area contributed by atoms with E-state index in [1.54, 1.807) is 42.2 Å².